The molecular weight excluding hydrogens is 222 g/mol. The van der Waals surface area contributed by atoms with E-state index in [9.17, 15) is 4.79 Å². The summed E-state index contributed by atoms with van der Waals surface area (Å²) in [6.07, 6.45) is 3.66. The Morgan fingerprint density at radius 1 is 1.65 bits per heavy atom. The molecule has 1 unspecified atom stereocenters. The Kier molecular flexibility index (Phi) is 4.17. The molecule has 0 saturated carbocycles. The molecule has 0 N–H and O–H groups in total. The molecule has 1 atom stereocenters. The smallest absolute Gasteiger partial charge is 0.308 e. The predicted octanol–water partition coefficient (Wildman–Crippen LogP) is 1.04. The van der Waals surface area contributed by atoms with Gasteiger partial charge in [0.1, 0.15) is 0 Å². The molecule has 0 radical (unpaired) electrons. The zero-order chi connectivity index (χ0) is 12.1. The number of hydrogen-bond donors (Lipinski definition) is 0. The van der Waals surface area contributed by atoms with Crippen LogP contribution < -0.4 is 0 Å². The van der Waals surface area contributed by atoms with Gasteiger partial charge in [-0.1, -0.05) is 0 Å². The lowest BCUT2D eigenvalue weighted by Gasteiger charge is -2.32. The monoisotopic (exact) mass is 239 g/mol. The zero-order valence-electron chi connectivity index (χ0n) is 9.93. The van der Waals surface area contributed by atoms with Gasteiger partial charge in [0.25, 0.3) is 0 Å². The van der Waals surface area contributed by atoms with Crippen LogP contribution in [0.3, 0.4) is 0 Å². The standard InChI is InChI=1S/C12H17NO4/c1-15-12(14)6-11-8-13(3-5-17-11)7-10-2-4-16-9-10/h2,4,9,11H,3,5-8H2,1H3. The van der Waals surface area contributed by atoms with E-state index in [1.165, 1.54) is 7.11 Å². The summed E-state index contributed by atoms with van der Waals surface area (Å²) in [6.45, 7) is 3.11. The molecule has 1 aliphatic heterocycles. The van der Waals surface area contributed by atoms with Gasteiger partial charge in [-0.2, -0.15) is 0 Å². The van der Waals surface area contributed by atoms with Gasteiger partial charge in [0.2, 0.25) is 0 Å². The minimum atomic E-state index is -0.222. The van der Waals surface area contributed by atoms with E-state index >= 15 is 0 Å². The third kappa shape index (κ3) is 3.57. The summed E-state index contributed by atoms with van der Waals surface area (Å²) in [4.78, 5) is 13.4. The molecule has 2 heterocycles. The van der Waals surface area contributed by atoms with Crippen molar-refractivity contribution in [2.24, 2.45) is 0 Å². The van der Waals surface area contributed by atoms with E-state index in [0.29, 0.717) is 13.0 Å². The van der Waals surface area contributed by atoms with Gasteiger partial charge in [-0.15, -0.1) is 0 Å². The number of furan rings is 1. The summed E-state index contributed by atoms with van der Waals surface area (Å²) in [7, 11) is 1.40. The summed E-state index contributed by atoms with van der Waals surface area (Å²) in [5, 5.41) is 0. The van der Waals surface area contributed by atoms with Gasteiger partial charge in [0.15, 0.2) is 0 Å². The van der Waals surface area contributed by atoms with Crippen molar-refractivity contribution in [3.05, 3.63) is 24.2 Å². The van der Waals surface area contributed by atoms with Crippen molar-refractivity contribution in [3.63, 3.8) is 0 Å². The van der Waals surface area contributed by atoms with Crippen LogP contribution in [0.15, 0.2) is 23.0 Å². The van der Waals surface area contributed by atoms with Crippen molar-refractivity contribution in [2.45, 2.75) is 19.1 Å². The summed E-state index contributed by atoms with van der Waals surface area (Å²) < 4.78 is 15.2. The minimum Gasteiger partial charge on any atom is -0.472 e. The SMILES string of the molecule is COC(=O)CC1CN(Cc2ccoc2)CCO1. The van der Waals surface area contributed by atoms with Crippen molar-refractivity contribution in [2.75, 3.05) is 26.8 Å². The molecule has 1 aliphatic rings. The Bertz CT molecular complexity index is 349. The minimum absolute atomic E-state index is 0.0666. The number of ether oxygens (including phenoxy) is 2. The molecule has 2 rings (SSSR count). The second-order valence-corrected chi connectivity index (χ2v) is 4.14. The molecule has 1 saturated heterocycles. The van der Waals surface area contributed by atoms with Gasteiger partial charge in [0, 0.05) is 25.2 Å². The highest BCUT2D eigenvalue weighted by atomic mass is 16.5. The molecule has 1 aromatic rings. The number of carbonyl (C=O) groups excluding carboxylic acids is 1. The average molecular weight is 239 g/mol. The molecule has 5 nitrogen and oxygen atoms in total. The highest BCUT2D eigenvalue weighted by Crippen LogP contribution is 2.13. The van der Waals surface area contributed by atoms with Crippen molar-refractivity contribution in [1.29, 1.82) is 0 Å². The van der Waals surface area contributed by atoms with E-state index in [0.717, 1.165) is 25.2 Å². The maximum absolute atomic E-state index is 11.2. The molecule has 0 amide bonds. The van der Waals surface area contributed by atoms with Gasteiger partial charge < -0.3 is 13.9 Å². The summed E-state index contributed by atoms with van der Waals surface area (Å²) in [5.74, 6) is -0.222. The van der Waals surface area contributed by atoms with Crippen LogP contribution in [-0.2, 0) is 20.8 Å². The lowest BCUT2D eigenvalue weighted by atomic mass is 10.2. The lowest BCUT2D eigenvalue weighted by Crippen LogP contribution is -2.42. The highest BCUT2D eigenvalue weighted by Gasteiger charge is 2.23. The number of carbonyl (C=O) groups is 1. The second-order valence-electron chi connectivity index (χ2n) is 4.14. The number of hydrogen-bond acceptors (Lipinski definition) is 5. The Labute approximate surface area is 100 Å². The van der Waals surface area contributed by atoms with Crippen LogP contribution in [0.5, 0.6) is 0 Å². The van der Waals surface area contributed by atoms with Crippen LogP contribution in [0.2, 0.25) is 0 Å². The van der Waals surface area contributed by atoms with E-state index < -0.39 is 0 Å². The Morgan fingerprint density at radius 2 is 2.53 bits per heavy atom. The van der Waals surface area contributed by atoms with E-state index in [-0.39, 0.29) is 12.1 Å². The molecule has 0 aromatic carbocycles. The average Bonchev–Trinajstić information content (AvgIpc) is 2.82. The van der Waals surface area contributed by atoms with Gasteiger partial charge in [-0.25, -0.2) is 0 Å². The maximum Gasteiger partial charge on any atom is 0.308 e. The molecular formula is C12H17NO4. The van der Waals surface area contributed by atoms with E-state index in [1.807, 2.05) is 6.07 Å². The Morgan fingerprint density at radius 3 is 3.24 bits per heavy atom. The van der Waals surface area contributed by atoms with Crippen molar-refractivity contribution < 1.29 is 18.7 Å². The van der Waals surface area contributed by atoms with Crippen LogP contribution in [0, 0.1) is 0 Å². The Balaban J connectivity index is 1.82. The first-order chi connectivity index (χ1) is 8.28. The number of esters is 1. The third-order valence-electron chi connectivity index (χ3n) is 2.83. The number of morpholine rings is 1. The van der Waals surface area contributed by atoms with Crippen LogP contribution in [-0.4, -0.2) is 43.8 Å². The summed E-state index contributed by atoms with van der Waals surface area (Å²) in [6, 6.07) is 1.95. The van der Waals surface area contributed by atoms with Gasteiger partial charge in [-0.3, -0.25) is 9.69 Å². The van der Waals surface area contributed by atoms with Crippen LogP contribution in [0.25, 0.3) is 0 Å². The van der Waals surface area contributed by atoms with Crippen molar-refractivity contribution >= 4 is 5.97 Å². The van der Waals surface area contributed by atoms with Crippen LogP contribution >= 0.6 is 0 Å². The molecule has 17 heavy (non-hydrogen) atoms. The van der Waals surface area contributed by atoms with E-state index in [2.05, 4.69) is 9.64 Å². The molecule has 0 bridgehead atoms. The van der Waals surface area contributed by atoms with Crippen LogP contribution in [0.1, 0.15) is 12.0 Å². The van der Waals surface area contributed by atoms with E-state index in [4.69, 9.17) is 9.15 Å². The first kappa shape index (κ1) is 12.1. The number of nitrogens with zero attached hydrogens (tertiary/aromatic N) is 1. The highest BCUT2D eigenvalue weighted by molar-refractivity contribution is 5.69. The quantitative estimate of drug-likeness (QED) is 0.735. The fraction of sp³-hybridized carbons (Fsp3) is 0.583. The van der Waals surface area contributed by atoms with Gasteiger partial charge >= 0.3 is 5.97 Å². The van der Waals surface area contributed by atoms with E-state index in [1.54, 1.807) is 12.5 Å². The van der Waals surface area contributed by atoms with Gasteiger partial charge in [0.05, 0.1) is 38.8 Å². The molecule has 94 valence electrons. The number of methoxy groups -OCH3 is 1. The maximum atomic E-state index is 11.2. The first-order valence-electron chi connectivity index (χ1n) is 5.70. The van der Waals surface area contributed by atoms with Crippen molar-refractivity contribution in [1.82, 2.24) is 4.90 Å². The third-order valence-corrected chi connectivity index (χ3v) is 2.83. The normalized spacial score (nSPS) is 21.4. The molecule has 0 aliphatic carbocycles. The molecule has 1 aromatic heterocycles. The topological polar surface area (TPSA) is 51.9 Å². The van der Waals surface area contributed by atoms with Gasteiger partial charge in [-0.05, 0) is 6.07 Å². The Hall–Kier alpha value is -1.33. The van der Waals surface area contributed by atoms with Crippen LogP contribution in [0.4, 0.5) is 0 Å². The zero-order valence-corrected chi connectivity index (χ0v) is 9.93. The predicted molar refractivity (Wildman–Crippen MR) is 60.4 cm³/mol. The fourth-order valence-corrected chi connectivity index (χ4v) is 1.96. The molecule has 0 spiro atoms. The largest absolute Gasteiger partial charge is 0.472 e. The second kappa shape index (κ2) is 5.84. The molecule has 1 fully saturated rings. The first-order valence-corrected chi connectivity index (χ1v) is 5.70. The number of rotatable bonds is 4. The summed E-state index contributed by atoms with van der Waals surface area (Å²) >= 11 is 0. The lowest BCUT2D eigenvalue weighted by molar-refractivity contribution is -0.145. The fourth-order valence-electron chi connectivity index (χ4n) is 1.96. The van der Waals surface area contributed by atoms with Crippen molar-refractivity contribution in [3.8, 4) is 0 Å². The summed E-state index contributed by atoms with van der Waals surface area (Å²) in [5.41, 5.74) is 1.14. The molecule has 5 heteroatoms.